The van der Waals surface area contributed by atoms with Crippen LogP contribution in [-0.2, 0) is 4.79 Å². The van der Waals surface area contributed by atoms with E-state index >= 15 is 0 Å². The molecule has 0 spiro atoms. The van der Waals surface area contributed by atoms with E-state index in [-0.39, 0.29) is 18.3 Å². The first kappa shape index (κ1) is 24.8. The second-order valence-electron chi connectivity index (χ2n) is 6.37. The van der Waals surface area contributed by atoms with Crippen molar-refractivity contribution in [3.05, 3.63) is 51.2 Å². The molecule has 29 heavy (non-hydrogen) atoms. The van der Waals surface area contributed by atoms with Crippen molar-refractivity contribution in [2.45, 2.75) is 26.7 Å². The van der Waals surface area contributed by atoms with Gasteiger partial charge in [0.15, 0.2) is 6.61 Å². The fourth-order valence-corrected chi connectivity index (χ4v) is 5.93. The number of ether oxygens (including phenoxy) is 1. The zero-order chi connectivity index (χ0) is 21.9. The standard InChI is InChI=1S/C19H17Br5N2O3/c1-8(2)10-4-12(20)9(3)16(23)19(10)29-7-15(27)26-25-6-11-13(21)5-14(22)18(28)17(11)24/h4-6,8,28H,7H2,1-3H3,(H,26,27). The van der Waals surface area contributed by atoms with Gasteiger partial charge in [-0.3, -0.25) is 4.79 Å². The highest BCUT2D eigenvalue weighted by Gasteiger charge is 2.18. The Balaban J connectivity index is 2.10. The zero-order valence-corrected chi connectivity index (χ0v) is 23.5. The first-order valence-corrected chi connectivity index (χ1v) is 12.3. The Labute approximate surface area is 211 Å². The first-order chi connectivity index (χ1) is 13.5. The topological polar surface area (TPSA) is 70.9 Å². The van der Waals surface area contributed by atoms with E-state index in [2.05, 4.69) is 104 Å². The van der Waals surface area contributed by atoms with Gasteiger partial charge in [-0.25, -0.2) is 5.43 Å². The summed E-state index contributed by atoms with van der Waals surface area (Å²) in [7, 11) is 0. The fourth-order valence-electron chi connectivity index (χ4n) is 2.34. The molecule has 0 heterocycles. The van der Waals surface area contributed by atoms with Crippen molar-refractivity contribution in [1.29, 1.82) is 0 Å². The van der Waals surface area contributed by atoms with Crippen molar-refractivity contribution in [3.8, 4) is 11.5 Å². The van der Waals surface area contributed by atoms with Gasteiger partial charge in [0, 0.05) is 14.5 Å². The highest BCUT2D eigenvalue weighted by molar-refractivity contribution is 9.12. The minimum Gasteiger partial charge on any atom is -0.506 e. The van der Waals surface area contributed by atoms with Crippen LogP contribution in [0.15, 0.2) is 39.6 Å². The molecule has 0 aliphatic heterocycles. The number of phenolic OH excluding ortho intramolecular Hbond substituents is 1. The predicted molar refractivity (Wildman–Crippen MR) is 133 cm³/mol. The van der Waals surface area contributed by atoms with Gasteiger partial charge in [-0.15, -0.1) is 0 Å². The van der Waals surface area contributed by atoms with E-state index in [1.165, 1.54) is 6.21 Å². The van der Waals surface area contributed by atoms with Gasteiger partial charge >= 0.3 is 0 Å². The lowest BCUT2D eigenvalue weighted by atomic mass is 10.0. The van der Waals surface area contributed by atoms with E-state index in [0.29, 0.717) is 24.7 Å². The number of carbonyl (C=O) groups excluding carboxylic acids is 1. The van der Waals surface area contributed by atoms with E-state index in [1.54, 1.807) is 6.07 Å². The van der Waals surface area contributed by atoms with Gasteiger partial charge in [0.25, 0.3) is 5.91 Å². The summed E-state index contributed by atoms with van der Waals surface area (Å²) in [6.45, 7) is 5.89. The SMILES string of the molecule is Cc1c(Br)cc(C(C)C)c(OCC(=O)NN=Cc2c(Br)cc(Br)c(O)c2Br)c1Br. The number of aromatic hydroxyl groups is 1. The summed E-state index contributed by atoms with van der Waals surface area (Å²) in [5, 5.41) is 13.9. The Hall–Kier alpha value is -0.420. The molecule has 0 unspecified atom stereocenters. The third-order valence-electron chi connectivity index (χ3n) is 3.97. The summed E-state index contributed by atoms with van der Waals surface area (Å²) in [4.78, 5) is 12.2. The lowest BCUT2D eigenvalue weighted by molar-refractivity contribution is -0.123. The Kier molecular flexibility index (Phi) is 9.21. The van der Waals surface area contributed by atoms with Gasteiger partial charge in [-0.2, -0.15) is 5.10 Å². The summed E-state index contributed by atoms with van der Waals surface area (Å²) in [6, 6.07) is 3.69. The molecule has 0 fully saturated rings. The molecule has 2 aromatic carbocycles. The molecule has 0 bridgehead atoms. The number of nitrogens with zero attached hydrogens (tertiary/aromatic N) is 1. The van der Waals surface area contributed by atoms with Crippen LogP contribution < -0.4 is 10.2 Å². The molecule has 0 aliphatic carbocycles. The smallest absolute Gasteiger partial charge is 0.277 e. The normalized spacial score (nSPS) is 11.3. The van der Waals surface area contributed by atoms with Crippen LogP contribution in [-0.4, -0.2) is 23.8 Å². The summed E-state index contributed by atoms with van der Waals surface area (Å²) in [5.74, 6) is 0.500. The maximum atomic E-state index is 12.2. The van der Waals surface area contributed by atoms with Gasteiger partial charge in [-0.1, -0.05) is 45.7 Å². The molecule has 5 nitrogen and oxygen atoms in total. The second-order valence-corrected chi connectivity index (χ2v) is 10.5. The number of benzene rings is 2. The number of carbonyl (C=O) groups is 1. The minimum absolute atomic E-state index is 0.0426. The van der Waals surface area contributed by atoms with Crippen molar-refractivity contribution >= 4 is 91.8 Å². The van der Waals surface area contributed by atoms with Crippen molar-refractivity contribution < 1.29 is 14.6 Å². The van der Waals surface area contributed by atoms with E-state index in [1.807, 2.05) is 13.0 Å². The molecule has 2 aromatic rings. The molecular formula is C19H17Br5N2O3. The van der Waals surface area contributed by atoms with Gasteiger partial charge in [0.2, 0.25) is 0 Å². The number of hydrogen-bond acceptors (Lipinski definition) is 4. The Bertz CT molecular complexity index is 977. The van der Waals surface area contributed by atoms with E-state index in [4.69, 9.17) is 4.74 Å². The number of hydrogen-bond donors (Lipinski definition) is 2. The number of amides is 1. The van der Waals surface area contributed by atoms with Crippen molar-refractivity contribution in [3.63, 3.8) is 0 Å². The van der Waals surface area contributed by atoms with Crippen molar-refractivity contribution in [2.24, 2.45) is 5.10 Å². The van der Waals surface area contributed by atoms with E-state index in [9.17, 15) is 9.90 Å². The highest BCUT2D eigenvalue weighted by atomic mass is 79.9. The summed E-state index contributed by atoms with van der Waals surface area (Å²) < 4.78 is 9.25. The number of rotatable bonds is 6. The van der Waals surface area contributed by atoms with E-state index in [0.717, 1.165) is 20.1 Å². The molecule has 0 saturated carbocycles. The monoisotopic (exact) mass is 716 g/mol. The lowest BCUT2D eigenvalue weighted by Gasteiger charge is -2.18. The average molecular weight is 721 g/mol. The van der Waals surface area contributed by atoms with Crippen LogP contribution in [0, 0.1) is 6.92 Å². The molecule has 2 rings (SSSR count). The summed E-state index contributed by atoms with van der Waals surface area (Å²) >= 11 is 17.0. The molecular weight excluding hydrogens is 704 g/mol. The molecule has 0 radical (unpaired) electrons. The molecule has 10 heteroatoms. The molecule has 0 aliphatic rings. The molecule has 2 N–H and O–H groups in total. The van der Waals surface area contributed by atoms with Crippen LogP contribution in [0.1, 0.15) is 36.5 Å². The first-order valence-electron chi connectivity index (χ1n) is 8.34. The highest BCUT2D eigenvalue weighted by Crippen LogP contribution is 2.40. The zero-order valence-electron chi connectivity index (χ0n) is 15.6. The summed E-state index contributed by atoms with van der Waals surface area (Å²) in [5.41, 5.74) is 5.00. The molecule has 0 aromatic heterocycles. The predicted octanol–water partition coefficient (Wildman–Crippen LogP) is 7.17. The van der Waals surface area contributed by atoms with Gasteiger partial charge in [-0.05, 0) is 83.9 Å². The van der Waals surface area contributed by atoms with Crippen LogP contribution in [0.5, 0.6) is 11.5 Å². The number of phenols is 1. The molecule has 1 amide bonds. The summed E-state index contributed by atoms with van der Waals surface area (Å²) in [6.07, 6.45) is 1.43. The number of hydrazone groups is 1. The van der Waals surface area contributed by atoms with Crippen LogP contribution in [0.2, 0.25) is 0 Å². The van der Waals surface area contributed by atoms with Gasteiger partial charge < -0.3 is 9.84 Å². The Morgan fingerprint density at radius 3 is 2.41 bits per heavy atom. The molecule has 0 saturated heterocycles. The van der Waals surface area contributed by atoms with Gasteiger partial charge in [0.1, 0.15) is 11.5 Å². The van der Waals surface area contributed by atoms with Crippen LogP contribution in [0.25, 0.3) is 0 Å². The number of halogens is 5. The second kappa shape index (κ2) is 10.7. The average Bonchev–Trinajstić information content (AvgIpc) is 2.65. The maximum absolute atomic E-state index is 12.2. The van der Waals surface area contributed by atoms with Crippen molar-refractivity contribution in [1.82, 2.24) is 5.43 Å². The minimum atomic E-state index is -0.406. The van der Waals surface area contributed by atoms with Crippen molar-refractivity contribution in [2.75, 3.05) is 6.61 Å². The largest absolute Gasteiger partial charge is 0.506 e. The Morgan fingerprint density at radius 2 is 1.79 bits per heavy atom. The third-order valence-corrected chi connectivity index (χ3v) is 7.81. The van der Waals surface area contributed by atoms with Crippen LogP contribution in [0.3, 0.4) is 0 Å². The molecule has 0 atom stereocenters. The molecule has 156 valence electrons. The Morgan fingerprint density at radius 1 is 1.14 bits per heavy atom. The fraction of sp³-hybridized carbons (Fsp3) is 0.263. The van der Waals surface area contributed by atoms with E-state index < -0.39 is 5.91 Å². The maximum Gasteiger partial charge on any atom is 0.277 e. The quantitative estimate of drug-likeness (QED) is 0.246. The third kappa shape index (κ3) is 6.06. The van der Waals surface area contributed by atoms with Crippen LogP contribution >= 0.6 is 79.6 Å². The van der Waals surface area contributed by atoms with Crippen LogP contribution in [0.4, 0.5) is 0 Å². The lowest BCUT2D eigenvalue weighted by Crippen LogP contribution is -2.25. The number of nitrogens with one attached hydrogen (secondary N) is 1. The van der Waals surface area contributed by atoms with Gasteiger partial charge in [0.05, 0.1) is 19.6 Å².